The molecule has 7 heteroatoms. The molecular weight excluding hydrogens is 350 g/mol. The molecule has 0 atom stereocenters. The first-order valence-corrected chi connectivity index (χ1v) is 10.6. The number of amides is 1. The monoisotopic (exact) mass is 381 g/mol. The number of carbonyl (C=O) groups is 1. The van der Waals surface area contributed by atoms with Gasteiger partial charge in [-0.25, -0.2) is 8.42 Å². The molecule has 1 saturated carbocycles. The lowest BCUT2D eigenvalue weighted by atomic mass is 9.96. The zero-order valence-corrected chi connectivity index (χ0v) is 17.3. The molecule has 2 rings (SSSR count). The fourth-order valence-corrected chi connectivity index (χ4v) is 4.75. The smallest absolute Gasteiger partial charge is 0.251 e. The van der Waals surface area contributed by atoms with Crippen molar-refractivity contribution < 1.29 is 13.2 Å². The van der Waals surface area contributed by atoms with E-state index < -0.39 is 10.0 Å². The number of nitrogens with zero attached hydrogens (tertiary/aromatic N) is 2. The maximum absolute atomic E-state index is 12.5. The maximum atomic E-state index is 12.5. The summed E-state index contributed by atoms with van der Waals surface area (Å²) >= 11 is 0. The van der Waals surface area contributed by atoms with Crippen LogP contribution in [0.2, 0.25) is 0 Å². The summed E-state index contributed by atoms with van der Waals surface area (Å²) < 4.78 is 26.3. The van der Waals surface area contributed by atoms with E-state index in [2.05, 4.69) is 24.3 Å². The molecule has 1 aromatic rings. The predicted octanol–water partition coefficient (Wildman–Crippen LogP) is 2.32. The van der Waals surface area contributed by atoms with E-state index in [1.165, 1.54) is 29.3 Å². The van der Waals surface area contributed by atoms with Gasteiger partial charge in [0.1, 0.15) is 0 Å². The summed E-state index contributed by atoms with van der Waals surface area (Å²) in [6.45, 7) is 4.25. The number of benzene rings is 1. The van der Waals surface area contributed by atoms with Crippen molar-refractivity contribution in [2.75, 3.05) is 27.7 Å². The van der Waals surface area contributed by atoms with Gasteiger partial charge in [0.2, 0.25) is 10.0 Å². The summed E-state index contributed by atoms with van der Waals surface area (Å²) in [5, 5.41) is 3.02. The Morgan fingerprint density at radius 3 is 2.12 bits per heavy atom. The minimum Gasteiger partial charge on any atom is -0.350 e. The van der Waals surface area contributed by atoms with Crippen molar-refractivity contribution in [3.63, 3.8) is 0 Å². The lowest BCUT2D eigenvalue weighted by molar-refractivity contribution is 0.0900. The Hall–Kier alpha value is -1.44. The second-order valence-electron chi connectivity index (χ2n) is 7.65. The third-order valence-corrected chi connectivity index (χ3v) is 7.63. The summed E-state index contributed by atoms with van der Waals surface area (Å²) in [4.78, 5) is 14.9. The molecule has 0 unspecified atom stereocenters. The Morgan fingerprint density at radius 2 is 1.65 bits per heavy atom. The molecule has 0 aliphatic heterocycles. The Balaban J connectivity index is 2.07. The molecule has 26 heavy (non-hydrogen) atoms. The van der Waals surface area contributed by atoms with E-state index in [0.29, 0.717) is 12.1 Å². The molecule has 0 heterocycles. The summed E-state index contributed by atoms with van der Waals surface area (Å²) in [5.41, 5.74) is 0.502. The fourth-order valence-electron chi connectivity index (χ4n) is 3.38. The quantitative estimate of drug-likeness (QED) is 0.787. The fraction of sp³-hybridized carbons (Fsp3) is 0.632. The van der Waals surface area contributed by atoms with E-state index in [-0.39, 0.29) is 22.4 Å². The van der Waals surface area contributed by atoms with Gasteiger partial charge < -0.3 is 10.2 Å². The van der Waals surface area contributed by atoms with Crippen LogP contribution >= 0.6 is 0 Å². The standard InChI is InChI=1S/C19H31N3O3S/c1-15(2)22(5)26(24,25)17-10-8-16(9-11-17)18(23)20-14-19(21(3)4)12-6-7-13-19/h8-11,15H,6-7,12-14H2,1-5H3,(H,20,23). The first-order valence-electron chi connectivity index (χ1n) is 9.14. The molecule has 0 saturated heterocycles. The number of carbonyl (C=O) groups excluding carboxylic acids is 1. The number of hydrogen-bond donors (Lipinski definition) is 1. The number of sulfonamides is 1. The largest absolute Gasteiger partial charge is 0.350 e. The molecule has 146 valence electrons. The summed E-state index contributed by atoms with van der Waals surface area (Å²) in [5.74, 6) is -0.167. The summed E-state index contributed by atoms with van der Waals surface area (Å²) in [6.07, 6.45) is 4.53. The molecule has 6 nitrogen and oxygen atoms in total. The average Bonchev–Trinajstić information content (AvgIpc) is 3.09. The van der Waals surface area contributed by atoms with Crippen LogP contribution in [0.15, 0.2) is 29.2 Å². The third kappa shape index (κ3) is 4.27. The summed E-state index contributed by atoms with van der Waals surface area (Å²) in [7, 11) is 2.14. The minimum absolute atomic E-state index is 0.0267. The number of nitrogens with one attached hydrogen (secondary N) is 1. The zero-order valence-electron chi connectivity index (χ0n) is 16.4. The number of rotatable bonds is 7. The van der Waals surface area contributed by atoms with Gasteiger partial charge in [0, 0.05) is 30.7 Å². The Bertz CT molecular complexity index is 721. The van der Waals surface area contributed by atoms with Crippen LogP contribution in [0.4, 0.5) is 0 Å². The molecule has 0 aromatic heterocycles. The summed E-state index contributed by atoms with van der Waals surface area (Å²) in [6, 6.07) is 6.03. The molecule has 0 spiro atoms. The van der Waals surface area contributed by atoms with E-state index in [4.69, 9.17) is 0 Å². The van der Waals surface area contributed by atoms with Crippen molar-refractivity contribution in [2.45, 2.75) is 56.0 Å². The van der Waals surface area contributed by atoms with Crippen LogP contribution in [-0.4, -0.2) is 62.8 Å². The van der Waals surface area contributed by atoms with Crippen molar-refractivity contribution in [2.24, 2.45) is 0 Å². The Labute approximate surface area is 157 Å². The van der Waals surface area contributed by atoms with Gasteiger partial charge in [-0.2, -0.15) is 4.31 Å². The highest BCUT2D eigenvalue weighted by atomic mass is 32.2. The van der Waals surface area contributed by atoms with Gasteiger partial charge in [-0.3, -0.25) is 4.79 Å². The van der Waals surface area contributed by atoms with Crippen LogP contribution < -0.4 is 5.32 Å². The van der Waals surface area contributed by atoms with Crippen LogP contribution in [0, 0.1) is 0 Å². The van der Waals surface area contributed by atoms with E-state index in [1.54, 1.807) is 19.2 Å². The highest BCUT2D eigenvalue weighted by molar-refractivity contribution is 7.89. The van der Waals surface area contributed by atoms with E-state index in [1.807, 2.05) is 13.8 Å². The number of hydrogen-bond acceptors (Lipinski definition) is 4. The predicted molar refractivity (Wildman–Crippen MR) is 104 cm³/mol. The van der Waals surface area contributed by atoms with Gasteiger partial charge in [-0.15, -0.1) is 0 Å². The molecule has 1 N–H and O–H groups in total. The van der Waals surface area contributed by atoms with Gasteiger partial charge in [0.15, 0.2) is 0 Å². The van der Waals surface area contributed by atoms with Crippen LogP contribution in [0.3, 0.4) is 0 Å². The SMILES string of the molecule is CC(C)N(C)S(=O)(=O)c1ccc(C(=O)NCC2(N(C)C)CCCC2)cc1. The minimum atomic E-state index is -3.53. The van der Waals surface area contributed by atoms with Crippen molar-refractivity contribution >= 4 is 15.9 Å². The van der Waals surface area contributed by atoms with Gasteiger partial charge in [0.05, 0.1) is 4.90 Å². The molecule has 1 aliphatic rings. The first-order chi connectivity index (χ1) is 12.1. The highest BCUT2D eigenvalue weighted by Crippen LogP contribution is 2.33. The van der Waals surface area contributed by atoms with Gasteiger partial charge >= 0.3 is 0 Å². The average molecular weight is 382 g/mol. The lowest BCUT2D eigenvalue weighted by Crippen LogP contribution is -2.50. The second kappa shape index (κ2) is 8.06. The first kappa shape index (κ1) is 20.9. The van der Waals surface area contributed by atoms with Crippen LogP contribution in [-0.2, 0) is 10.0 Å². The Kier molecular flexibility index (Phi) is 6.47. The van der Waals surface area contributed by atoms with Crippen molar-refractivity contribution in [3.05, 3.63) is 29.8 Å². The van der Waals surface area contributed by atoms with E-state index in [0.717, 1.165) is 12.8 Å². The maximum Gasteiger partial charge on any atom is 0.251 e. The van der Waals surface area contributed by atoms with Crippen LogP contribution in [0.5, 0.6) is 0 Å². The molecule has 1 fully saturated rings. The Morgan fingerprint density at radius 1 is 1.12 bits per heavy atom. The molecule has 1 aromatic carbocycles. The highest BCUT2D eigenvalue weighted by Gasteiger charge is 2.36. The molecule has 0 bridgehead atoms. The van der Waals surface area contributed by atoms with Crippen LogP contribution in [0.1, 0.15) is 49.9 Å². The second-order valence-corrected chi connectivity index (χ2v) is 9.65. The van der Waals surface area contributed by atoms with Crippen LogP contribution in [0.25, 0.3) is 0 Å². The van der Waals surface area contributed by atoms with E-state index in [9.17, 15) is 13.2 Å². The molecule has 0 radical (unpaired) electrons. The normalized spacial score (nSPS) is 17.2. The lowest BCUT2D eigenvalue weighted by Gasteiger charge is -2.36. The van der Waals surface area contributed by atoms with Crippen molar-refractivity contribution in [1.29, 1.82) is 0 Å². The van der Waals surface area contributed by atoms with Gasteiger partial charge in [0.25, 0.3) is 5.91 Å². The van der Waals surface area contributed by atoms with E-state index >= 15 is 0 Å². The van der Waals surface area contributed by atoms with Crippen molar-refractivity contribution in [3.8, 4) is 0 Å². The molecular formula is C19H31N3O3S. The van der Waals surface area contributed by atoms with Crippen molar-refractivity contribution in [1.82, 2.24) is 14.5 Å². The third-order valence-electron chi connectivity index (χ3n) is 5.58. The molecule has 1 amide bonds. The van der Waals surface area contributed by atoms with Gasteiger partial charge in [-0.05, 0) is 65.0 Å². The topological polar surface area (TPSA) is 69.7 Å². The zero-order chi connectivity index (χ0) is 19.5. The number of likely N-dealkylation sites (N-methyl/N-ethyl adjacent to an activating group) is 1. The van der Waals surface area contributed by atoms with Gasteiger partial charge in [-0.1, -0.05) is 12.8 Å². The molecule has 1 aliphatic carbocycles.